The molecule has 0 unspecified atom stereocenters. The van der Waals surface area contributed by atoms with Gasteiger partial charge in [0.1, 0.15) is 0 Å². The molecule has 1 aromatic rings. The van der Waals surface area contributed by atoms with Crippen LogP contribution in [0.3, 0.4) is 0 Å². The van der Waals surface area contributed by atoms with E-state index in [9.17, 15) is 0 Å². The van der Waals surface area contributed by atoms with Gasteiger partial charge in [-0.05, 0) is 31.0 Å². The number of rotatable bonds is 2. The molecule has 1 aliphatic rings. The Kier molecular flexibility index (Phi) is 4.18. The Labute approximate surface area is 103 Å². The third-order valence-electron chi connectivity index (χ3n) is 2.79. The largest absolute Gasteiger partial charge is 0.371 e. The fraction of sp³-hybridized carbons (Fsp3) is 0.429. The van der Waals surface area contributed by atoms with Gasteiger partial charge >= 0.3 is 0 Å². The third kappa shape index (κ3) is 2.96. The average Bonchev–Trinajstić information content (AvgIpc) is 2.83. The van der Waals surface area contributed by atoms with Gasteiger partial charge in [-0.15, -0.1) is 0 Å². The van der Waals surface area contributed by atoms with Crippen LogP contribution in [0.15, 0.2) is 24.3 Å². The van der Waals surface area contributed by atoms with Crippen LogP contribution in [0.1, 0.15) is 24.8 Å². The Morgan fingerprint density at radius 3 is 2.81 bits per heavy atom. The zero-order chi connectivity index (χ0) is 11.2. The monoisotopic (exact) mass is 231 g/mol. The van der Waals surface area contributed by atoms with Crippen molar-refractivity contribution in [2.45, 2.75) is 19.3 Å². The van der Waals surface area contributed by atoms with Gasteiger partial charge in [0, 0.05) is 36.5 Å². The Morgan fingerprint density at radius 1 is 1.25 bits per heavy atom. The number of hydrogen-bond acceptors (Lipinski definition) is 2. The van der Waals surface area contributed by atoms with E-state index in [1.807, 2.05) is 0 Å². The van der Waals surface area contributed by atoms with Crippen LogP contribution in [0.5, 0.6) is 0 Å². The van der Waals surface area contributed by atoms with Gasteiger partial charge in [0.05, 0.1) is 0 Å². The second-order valence-electron chi connectivity index (χ2n) is 4.02. The van der Waals surface area contributed by atoms with Crippen molar-refractivity contribution in [3.8, 4) is 11.8 Å². The summed E-state index contributed by atoms with van der Waals surface area (Å²) in [6.07, 6.45) is 3.49. The lowest BCUT2D eigenvalue weighted by Gasteiger charge is -2.17. The van der Waals surface area contributed by atoms with Crippen molar-refractivity contribution in [3.63, 3.8) is 0 Å². The first-order valence-electron chi connectivity index (χ1n) is 5.85. The molecule has 2 rings (SSSR count). The summed E-state index contributed by atoms with van der Waals surface area (Å²) in [7, 11) is 0. The summed E-state index contributed by atoms with van der Waals surface area (Å²) in [6, 6.07) is 8.54. The van der Waals surface area contributed by atoms with E-state index in [0.717, 1.165) is 17.7 Å². The quantitative estimate of drug-likeness (QED) is 0.605. The molecule has 0 radical (unpaired) electrons. The summed E-state index contributed by atoms with van der Waals surface area (Å²) in [5.41, 5.74) is 2.43. The molecule has 0 N–H and O–H groups in total. The van der Waals surface area contributed by atoms with E-state index in [4.69, 9.17) is 0 Å². The lowest BCUT2D eigenvalue weighted by Crippen LogP contribution is -2.17. The van der Waals surface area contributed by atoms with E-state index in [0.29, 0.717) is 0 Å². The summed E-state index contributed by atoms with van der Waals surface area (Å²) in [5, 5.41) is 0. The zero-order valence-corrected chi connectivity index (χ0v) is 10.3. The van der Waals surface area contributed by atoms with Crippen LogP contribution < -0.4 is 4.90 Å². The van der Waals surface area contributed by atoms with Crippen molar-refractivity contribution < 1.29 is 0 Å². The fourth-order valence-corrected chi connectivity index (χ4v) is 2.09. The van der Waals surface area contributed by atoms with E-state index in [-0.39, 0.29) is 0 Å². The molecule has 1 saturated heterocycles. The minimum Gasteiger partial charge on any atom is -0.371 e. The number of thiol groups is 1. The highest BCUT2D eigenvalue weighted by molar-refractivity contribution is 7.80. The predicted molar refractivity (Wildman–Crippen MR) is 73.2 cm³/mol. The highest BCUT2D eigenvalue weighted by Crippen LogP contribution is 2.20. The third-order valence-corrected chi connectivity index (χ3v) is 3.01. The van der Waals surface area contributed by atoms with Gasteiger partial charge in [0.25, 0.3) is 0 Å². The number of nitrogens with zero attached hydrogens (tertiary/aromatic N) is 1. The fourth-order valence-electron chi connectivity index (χ4n) is 1.98. The van der Waals surface area contributed by atoms with Crippen molar-refractivity contribution in [2.75, 3.05) is 23.7 Å². The van der Waals surface area contributed by atoms with Gasteiger partial charge in [0.15, 0.2) is 0 Å². The van der Waals surface area contributed by atoms with Crippen molar-refractivity contribution in [3.05, 3.63) is 29.8 Å². The molecule has 1 aliphatic heterocycles. The Bertz CT molecular complexity index is 397. The number of anilines is 1. The summed E-state index contributed by atoms with van der Waals surface area (Å²) in [6.45, 7) is 2.38. The van der Waals surface area contributed by atoms with Crippen LogP contribution in [-0.2, 0) is 0 Å². The smallest absolute Gasteiger partial charge is 0.0378 e. The van der Waals surface area contributed by atoms with E-state index < -0.39 is 0 Å². The molecule has 0 amide bonds. The first-order chi connectivity index (χ1) is 7.90. The second-order valence-corrected chi connectivity index (χ2v) is 4.47. The van der Waals surface area contributed by atoms with Crippen LogP contribution in [0.25, 0.3) is 0 Å². The topological polar surface area (TPSA) is 3.24 Å². The molecule has 0 spiro atoms. The Morgan fingerprint density at radius 2 is 2.06 bits per heavy atom. The van der Waals surface area contributed by atoms with E-state index in [1.54, 1.807) is 0 Å². The molecular formula is C14H17NS. The highest BCUT2D eigenvalue weighted by atomic mass is 32.1. The first-order valence-corrected chi connectivity index (χ1v) is 6.48. The molecule has 0 bridgehead atoms. The van der Waals surface area contributed by atoms with Crippen LogP contribution >= 0.6 is 12.6 Å². The van der Waals surface area contributed by atoms with E-state index in [2.05, 4.69) is 53.6 Å². The minimum absolute atomic E-state index is 0.832. The number of benzene rings is 1. The molecule has 0 aromatic heterocycles. The van der Waals surface area contributed by atoms with E-state index in [1.165, 1.54) is 31.6 Å². The van der Waals surface area contributed by atoms with Gasteiger partial charge < -0.3 is 4.90 Å². The molecule has 0 atom stereocenters. The molecule has 2 heteroatoms. The summed E-state index contributed by atoms with van der Waals surface area (Å²) >= 11 is 4.15. The second kappa shape index (κ2) is 5.86. The van der Waals surface area contributed by atoms with Crippen LogP contribution in [0, 0.1) is 11.8 Å². The van der Waals surface area contributed by atoms with Gasteiger partial charge in [-0.2, -0.15) is 12.6 Å². The standard InChI is InChI=1S/C14H17NS/c16-11-4-1-6-13-7-5-8-14(12-13)15-9-2-3-10-15/h5,7-8,12,16H,2-4,9-11H2. The molecule has 0 saturated carbocycles. The zero-order valence-electron chi connectivity index (χ0n) is 9.45. The maximum atomic E-state index is 4.15. The lowest BCUT2D eigenvalue weighted by atomic mass is 10.2. The first kappa shape index (κ1) is 11.4. The maximum Gasteiger partial charge on any atom is 0.0378 e. The van der Waals surface area contributed by atoms with Crippen LogP contribution in [0.2, 0.25) is 0 Å². The molecule has 1 aromatic carbocycles. The highest BCUT2D eigenvalue weighted by Gasteiger charge is 2.11. The van der Waals surface area contributed by atoms with Gasteiger partial charge in [-0.25, -0.2) is 0 Å². The summed E-state index contributed by atoms with van der Waals surface area (Å²) in [4.78, 5) is 2.43. The van der Waals surface area contributed by atoms with Crippen molar-refractivity contribution in [1.82, 2.24) is 0 Å². The van der Waals surface area contributed by atoms with Gasteiger partial charge in [-0.3, -0.25) is 0 Å². The van der Waals surface area contributed by atoms with Crippen LogP contribution in [-0.4, -0.2) is 18.8 Å². The molecule has 84 valence electrons. The van der Waals surface area contributed by atoms with Crippen LogP contribution in [0.4, 0.5) is 5.69 Å². The predicted octanol–water partition coefficient (Wildman–Crippen LogP) is 2.96. The molecule has 1 nitrogen and oxygen atoms in total. The molecule has 1 heterocycles. The lowest BCUT2D eigenvalue weighted by molar-refractivity contribution is 0.949. The average molecular weight is 231 g/mol. The Hall–Kier alpha value is -1.07. The minimum atomic E-state index is 0.832. The van der Waals surface area contributed by atoms with Gasteiger partial charge in [-0.1, -0.05) is 17.9 Å². The molecule has 1 fully saturated rings. The summed E-state index contributed by atoms with van der Waals surface area (Å²) in [5.74, 6) is 7.14. The van der Waals surface area contributed by atoms with Crippen molar-refractivity contribution >= 4 is 18.3 Å². The number of hydrogen-bond donors (Lipinski definition) is 1. The SMILES string of the molecule is SCCC#Cc1cccc(N2CCCC2)c1. The summed E-state index contributed by atoms with van der Waals surface area (Å²) < 4.78 is 0. The maximum absolute atomic E-state index is 4.15. The van der Waals surface area contributed by atoms with E-state index >= 15 is 0 Å². The van der Waals surface area contributed by atoms with Gasteiger partial charge in [0.2, 0.25) is 0 Å². The molecule has 0 aliphatic carbocycles. The molecule has 16 heavy (non-hydrogen) atoms. The van der Waals surface area contributed by atoms with Crippen molar-refractivity contribution in [2.24, 2.45) is 0 Å². The normalized spacial score (nSPS) is 14.7. The van der Waals surface area contributed by atoms with Crippen molar-refractivity contribution in [1.29, 1.82) is 0 Å². The Balaban J connectivity index is 2.10. The molecular weight excluding hydrogens is 214 g/mol.